The lowest BCUT2D eigenvalue weighted by Gasteiger charge is -2.32. The molecule has 4 heterocycles. The molecule has 10 nitrogen and oxygen atoms in total. The molecule has 192 valence electrons. The smallest absolute Gasteiger partial charge is 0.252 e. The Morgan fingerprint density at radius 3 is 2.69 bits per heavy atom. The fourth-order valence-corrected chi connectivity index (χ4v) is 7.28. The van der Waals surface area contributed by atoms with Gasteiger partial charge < -0.3 is 15.2 Å². The van der Waals surface area contributed by atoms with Crippen LogP contribution in [0.5, 0.6) is 0 Å². The summed E-state index contributed by atoms with van der Waals surface area (Å²) in [6, 6.07) is 2.92. The van der Waals surface area contributed by atoms with E-state index in [9.17, 15) is 18.3 Å². The normalized spacial score (nSPS) is 28.6. The Morgan fingerprint density at radius 1 is 1.20 bits per heavy atom. The zero-order chi connectivity index (χ0) is 24.6. The van der Waals surface area contributed by atoms with Crippen molar-refractivity contribution < 1.29 is 18.3 Å². The Bertz CT molecular complexity index is 1220. The summed E-state index contributed by atoms with van der Waals surface area (Å²) in [5.74, 6) is 0.542. The van der Waals surface area contributed by atoms with Crippen molar-refractivity contribution in [2.75, 3.05) is 30.8 Å². The van der Waals surface area contributed by atoms with Crippen molar-refractivity contribution in [2.24, 2.45) is 0 Å². The molecule has 2 aromatic heterocycles. The van der Waals surface area contributed by atoms with Crippen molar-refractivity contribution in [3.8, 4) is 0 Å². The van der Waals surface area contributed by atoms with Crippen molar-refractivity contribution in [1.82, 2.24) is 18.8 Å². The molecule has 1 saturated carbocycles. The third kappa shape index (κ3) is 5.23. The first kappa shape index (κ1) is 24.6. The van der Waals surface area contributed by atoms with Crippen LogP contribution in [0.3, 0.4) is 0 Å². The van der Waals surface area contributed by atoms with Crippen molar-refractivity contribution in [1.29, 1.82) is 0 Å². The molecule has 5 rings (SSSR count). The number of aliphatic hydroxyl groups is 1. The number of ether oxygens (including phenoxy) is 1. The second-order valence-electron chi connectivity index (χ2n) is 10.3. The molecule has 0 aromatic carbocycles. The highest BCUT2D eigenvalue weighted by Gasteiger charge is 2.39. The van der Waals surface area contributed by atoms with E-state index in [1.165, 1.54) is 6.07 Å². The molecule has 0 radical (unpaired) electrons. The van der Waals surface area contributed by atoms with Crippen molar-refractivity contribution in [3.05, 3.63) is 28.7 Å². The molecular formula is C24H35N5O5S. The molecule has 3 aliphatic rings. The summed E-state index contributed by atoms with van der Waals surface area (Å²) in [6.07, 6.45) is 7.79. The predicted octanol–water partition coefficient (Wildman–Crippen LogP) is 2.04. The van der Waals surface area contributed by atoms with Crippen molar-refractivity contribution >= 4 is 27.0 Å². The molecule has 2 saturated heterocycles. The van der Waals surface area contributed by atoms with Gasteiger partial charge in [0, 0.05) is 43.4 Å². The molecule has 2 N–H and O–H groups in total. The van der Waals surface area contributed by atoms with Crippen LogP contribution in [-0.2, 0) is 14.8 Å². The summed E-state index contributed by atoms with van der Waals surface area (Å²) in [5.41, 5.74) is -0.633. The lowest BCUT2D eigenvalue weighted by molar-refractivity contribution is 0.0267. The van der Waals surface area contributed by atoms with Gasteiger partial charge in [0.2, 0.25) is 16.0 Å². The second-order valence-corrected chi connectivity index (χ2v) is 12.4. The lowest BCUT2D eigenvalue weighted by Crippen LogP contribution is -2.43. The number of rotatable bonds is 7. The molecule has 3 fully saturated rings. The quantitative estimate of drug-likeness (QED) is 0.585. The van der Waals surface area contributed by atoms with E-state index >= 15 is 0 Å². The average Bonchev–Trinajstić information content (AvgIpc) is 3.47. The Labute approximate surface area is 205 Å². The molecule has 0 spiro atoms. The third-order valence-corrected chi connectivity index (χ3v) is 9.66. The number of sulfonamides is 1. The van der Waals surface area contributed by atoms with E-state index in [2.05, 4.69) is 15.3 Å². The molecule has 3 atom stereocenters. The zero-order valence-corrected chi connectivity index (χ0v) is 21.0. The number of piperidine rings is 1. The van der Waals surface area contributed by atoms with Crippen LogP contribution in [0.25, 0.3) is 11.0 Å². The second kappa shape index (κ2) is 9.76. The van der Waals surface area contributed by atoms with Crippen LogP contribution >= 0.6 is 0 Å². The third-order valence-electron chi connectivity index (χ3n) is 7.76. The van der Waals surface area contributed by atoms with Crippen LogP contribution in [0.1, 0.15) is 64.3 Å². The van der Waals surface area contributed by atoms with E-state index in [1.54, 1.807) is 28.1 Å². The average molecular weight is 506 g/mol. The summed E-state index contributed by atoms with van der Waals surface area (Å²) < 4.78 is 34.3. The first-order chi connectivity index (χ1) is 16.7. The van der Waals surface area contributed by atoms with Gasteiger partial charge in [-0.25, -0.2) is 17.7 Å². The molecule has 0 unspecified atom stereocenters. The fourth-order valence-electron chi connectivity index (χ4n) is 5.69. The summed E-state index contributed by atoms with van der Waals surface area (Å²) >= 11 is 0. The van der Waals surface area contributed by atoms with Crippen LogP contribution in [0.2, 0.25) is 0 Å². The SMILES string of the molecule is C[C@]1(O)CCC[C@@H]1n1c(=O)ccc2cnc(NC3CCN(S(=O)(=O)CC[C@@H]4CCCO4)CC3)nc21. The Morgan fingerprint density at radius 2 is 2.00 bits per heavy atom. The fraction of sp³-hybridized carbons (Fsp3) is 0.708. The minimum absolute atomic E-state index is 0.0375. The van der Waals surface area contributed by atoms with Crippen LogP contribution < -0.4 is 10.9 Å². The Balaban J connectivity index is 1.26. The van der Waals surface area contributed by atoms with Gasteiger partial charge in [-0.2, -0.15) is 4.98 Å². The molecule has 11 heteroatoms. The van der Waals surface area contributed by atoms with Gasteiger partial charge in [0.25, 0.3) is 5.56 Å². The highest BCUT2D eigenvalue weighted by atomic mass is 32.2. The topological polar surface area (TPSA) is 127 Å². The van der Waals surface area contributed by atoms with Gasteiger partial charge in [-0.3, -0.25) is 9.36 Å². The van der Waals surface area contributed by atoms with Gasteiger partial charge in [0.1, 0.15) is 5.65 Å². The molecule has 2 aromatic rings. The van der Waals surface area contributed by atoms with Gasteiger partial charge in [-0.15, -0.1) is 0 Å². The molecule has 35 heavy (non-hydrogen) atoms. The maximum Gasteiger partial charge on any atom is 0.252 e. The van der Waals surface area contributed by atoms with Gasteiger partial charge in [0.15, 0.2) is 0 Å². The van der Waals surface area contributed by atoms with Gasteiger partial charge in [0.05, 0.1) is 23.5 Å². The standard InChI is InChI=1S/C24H35N5O5S/c1-24(31)11-2-5-20(24)29-21(30)7-6-17-16-25-23(27-22(17)29)26-18-8-12-28(13-9-18)35(32,33)15-10-19-4-3-14-34-19/h6-7,16,18-20,31H,2-5,8-15H2,1H3,(H,25,26,27)/t19-,20-,24-/m0/s1. The number of hydrogen-bond donors (Lipinski definition) is 2. The van der Waals surface area contributed by atoms with E-state index in [0.29, 0.717) is 50.4 Å². The molecule has 1 aliphatic carbocycles. The van der Waals surface area contributed by atoms with E-state index in [-0.39, 0.29) is 29.5 Å². The largest absolute Gasteiger partial charge is 0.388 e. The number of anilines is 1. The van der Waals surface area contributed by atoms with E-state index in [1.807, 2.05) is 0 Å². The Hall–Kier alpha value is -2.08. The number of nitrogens with one attached hydrogen (secondary N) is 1. The lowest BCUT2D eigenvalue weighted by atomic mass is 10.00. The van der Waals surface area contributed by atoms with E-state index in [4.69, 9.17) is 4.74 Å². The first-order valence-corrected chi connectivity index (χ1v) is 14.3. The maximum absolute atomic E-state index is 12.8. The number of fused-ring (bicyclic) bond motifs is 1. The molecular weight excluding hydrogens is 470 g/mol. The minimum atomic E-state index is -3.29. The minimum Gasteiger partial charge on any atom is -0.388 e. The summed E-state index contributed by atoms with van der Waals surface area (Å²) in [4.78, 5) is 21.9. The summed E-state index contributed by atoms with van der Waals surface area (Å²) in [5, 5.41) is 14.9. The first-order valence-electron chi connectivity index (χ1n) is 12.7. The summed E-state index contributed by atoms with van der Waals surface area (Å²) in [6.45, 7) is 3.41. The number of pyridine rings is 1. The zero-order valence-electron chi connectivity index (χ0n) is 20.2. The number of aromatic nitrogens is 3. The maximum atomic E-state index is 12.8. The predicted molar refractivity (Wildman–Crippen MR) is 133 cm³/mol. The summed E-state index contributed by atoms with van der Waals surface area (Å²) in [7, 11) is -3.29. The van der Waals surface area contributed by atoms with E-state index < -0.39 is 15.6 Å². The van der Waals surface area contributed by atoms with Crippen LogP contribution in [-0.4, -0.2) is 75.6 Å². The Kier molecular flexibility index (Phi) is 6.86. The molecule has 2 aliphatic heterocycles. The highest BCUT2D eigenvalue weighted by Crippen LogP contribution is 2.39. The molecule has 0 bridgehead atoms. The van der Waals surface area contributed by atoms with Crippen LogP contribution in [0.15, 0.2) is 23.1 Å². The number of hydrogen-bond acceptors (Lipinski definition) is 8. The van der Waals surface area contributed by atoms with E-state index in [0.717, 1.165) is 37.7 Å². The van der Waals surface area contributed by atoms with Gasteiger partial charge in [-0.05, 0) is 64.4 Å². The van der Waals surface area contributed by atoms with Crippen LogP contribution in [0, 0.1) is 0 Å². The molecule has 0 amide bonds. The van der Waals surface area contributed by atoms with Gasteiger partial charge >= 0.3 is 0 Å². The van der Waals surface area contributed by atoms with Crippen molar-refractivity contribution in [2.45, 2.75) is 82.1 Å². The van der Waals surface area contributed by atoms with Gasteiger partial charge in [-0.1, -0.05) is 0 Å². The van der Waals surface area contributed by atoms with Crippen molar-refractivity contribution in [3.63, 3.8) is 0 Å². The monoisotopic (exact) mass is 505 g/mol. The highest BCUT2D eigenvalue weighted by molar-refractivity contribution is 7.89. The number of nitrogens with zero attached hydrogens (tertiary/aromatic N) is 4. The van der Waals surface area contributed by atoms with Crippen LogP contribution in [0.4, 0.5) is 5.95 Å².